The summed E-state index contributed by atoms with van der Waals surface area (Å²) in [7, 11) is 0. The molecular formula is C19H26N2O3. The number of amides is 2. The Kier molecular flexibility index (Phi) is 4.28. The fourth-order valence-electron chi connectivity index (χ4n) is 3.60. The van der Waals surface area contributed by atoms with Crippen molar-refractivity contribution in [1.82, 2.24) is 9.80 Å². The third-order valence-electron chi connectivity index (χ3n) is 4.68. The predicted molar refractivity (Wildman–Crippen MR) is 91.3 cm³/mol. The summed E-state index contributed by atoms with van der Waals surface area (Å²) >= 11 is 0. The Hall–Kier alpha value is -2.04. The van der Waals surface area contributed by atoms with E-state index in [2.05, 4.69) is 0 Å². The van der Waals surface area contributed by atoms with Crippen molar-refractivity contribution in [2.75, 3.05) is 19.6 Å². The van der Waals surface area contributed by atoms with Crippen LogP contribution in [0.4, 0.5) is 4.79 Å². The third-order valence-corrected chi connectivity index (χ3v) is 4.68. The first-order valence-electron chi connectivity index (χ1n) is 8.60. The van der Waals surface area contributed by atoms with Gasteiger partial charge < -0.3 is 14.5 Å². The molecule has 1 spiro atoms. The fraction of sp³-hybridized carbons (Fsp3) is 0.579. The molecule has 5 nitrogen and oxygen atoms in total. The number of nitrogens with zero attached hydrogens (tertiary/aromatic N) is 2. The smallest absolute Gasteiger partial charge is 0.410 e. The molecule has 2 aliphatic rings. The normalized spacial score (nSPS) is 24.0. The lowest BCUT2D eigenvalue weighted by Gasteiger charge is -2.53. The van der Waals surface area contributed by atoms with Crippen LogP contribution in [0.1, 0.15) is 39.2 Å². The number of carbonyl (C=O) groups is 2. The van der Waals surface area contributed by atoms with Gasteiger partial charge in [-0.1, -0.05) is 30.3 Å². The fourth-order valence-corrected chi connectivity index (χ4v) is 3.60. The molecule has 0 aromatic heterocycles. The number of hydrogen-bond acceptors (Lipinski definition) is 3. The molecule has 130 valence electrons. The van der Waals surface area contributed by atoms with E-state index in [0.717, 1.165) is 24.9 Å². The van der Waals surface area contributed by atoms with Gasteiger partial charge in [-0.05, 0) is 39.2 Å². The quantitative estimate of drug-likeness (QED) is 0.783. The minimum absolute atomic E-state index is 0.166. The van der Waals surface area contributed by atoms with Gasteiger partial charge in [0.25, 0.3) is 0 Å². The lowest BCUT2D eigenvalue weighted by Crippen LogP contribution is -2.67. The second-order valence-electron chi connectivity index (χ2n) is 7.93. The molecule has 2 aliphatic heterocycles. The molecule has 24 heavy (non-hydrogen) atoms. The van der Waals surface area contributed by atoms with Gasteiger partial charge in [0.2, 0.25) is 5.91 Å². The first kappa shape index (κ1) is 16.8. The van der Waals surface area contributed by atoms with Crippen molar-refractivity contribution >= 4 is 12.0 Å². The molecule has 2 amide bonds. The zero-order chi connectivity index (χ0) is 17.4. The summed E-state index contributed by atoms with van der Waals surface area (Å²) in [5.74, 6) is 0.166. The Morgan fingerprint density at radius 2 is 1.92 bits per heavy atom. The van der Waals surface area contributed by atoms with Crippen molar-refractivity contribution in [3.8, 4) is 0 Å². The zero-order valence-electron chi connectivity index (χ0n) is 14.7. The van der Waals surface area contributed by atoms with E-state index in [0.29, 0.717) is 19.6 Å². The summed E-state index contributed by atoms with van der Waals surface area (Å²) in [6, 6.07) is 10.0. The third kappa shape index (κ3) is 3.40. The van der Waals surface area contributed by atoms with Gasteiger partial charge in [-0.2, -0.15) is 0 Å². The molecule has 5 heteroatoms. The lowest BCUT2D eigenvalue weighted by molar-refractivity contribution is -0.166. The standard InChI is InChI=1S/C19H26N2O3/c1-18(2,3)24-17(23)20-11-7-10-19(13-20)14-21(16(19)22)12-15-8-5-4-6-9-15/h4-6,8-9H,7,10-14H2,1-3H3. The first-order valence-corrected chi connectivity index (χ1v) is 8.60. The number of β-lactam (4-membered cyclic amide) rings is 1. The Morgan fingerprint density at radius 3 is 2.54 bits per heavy atom. The molecule has 3 rings (SSSR count). The van der Waals surface area contributed by atoms with E-state index in [9.17, 15) is 9.59 Å². The highest BCUT2D eigenvalue weighted by Gasteiger charge is 2.54. The van der Waals surface area contributed by atoms with E-state index < -0.39 is 11.0 Å². The second kappa shape index (κ2) is 6.11. The lowest BCUT2D eigenvalue weighted by atomic mass is 9.72. The molecular weight excluding hydrogens is 304 g/mol. The van der Waals surface area contributed by atoms with E-state index >= 15 is 0 Å². The highest BCUT2D eigenvalue weighted by molar-refractivity contribution is 5.89. The summed E-state index contributed by atoms with van der Waals surface area (Å²) in [5.41, 5.74) is 0.231. The van der Waals surface area contributed by atoms with Crippen LogP contribution in [0, 0.1) is 5.41 Å². The molecule has 1 atom stereocenters. The van der Waals surface area contributed by atoms with Crippen molar-refractivity contribution in [2.24, 2.45) is 5.41 Å². The topological polar surface area (TPSA) is 49.9 Å². The predicted octanol–water partition coefficient (Wildman–Crippen LogP) is 3.05. The molecule has 0 bridgehead atoms. The van der Waals surface area contributed by atoms with E-state index in [1.165, 1.54) is 0 Å². The summed E-state index contributed by atoms with van der Waals surface area (Å²) in [6.07, 6.45) is 1.40. The SMILES string of the molecule is CC(C)(C)OC(=O)N1CCCC2(C1)CN(Cc1ccccc1)C2=O. The highest BCUT2D eigenvalue weighted by Crippen LogP contribution is 2.41. The van der Waals surface area contributed by atoms with E-state index in [4.69, 9.17) is 4.74 Å². The monoisotopic (exact) mass is 330 g/mol. The van der Waals surface area contributed by atoms with Gasteiger partial charge in [-0.15, -0.1) is 0 Å². The average Bonchev–Trinajstić information content (AvgIpc) is 2.54. The molecule has 1 aromatic rings. The Morgan fingerprint density at radius 1 is 1.21 bits per heavy atom. The molecule has 1 unspecified atom stereocenters. The van der Waals surface area contributed by atoms with Crippen LogP contribution < -0.4 is 0 Å². The van der Waals surface area contributed by atoms with Gasteiger partial charge >= 0.3 is 6.09 Å². The maximum absolute atomic E-state index is 12.7. The minimum Gasteiger partial charge on any atom is -0.444 e. The molecule has 0 radical (unpaired) electrons. The first-order chi connectivity index (χ1) is 11.3. The van der Waals surface area contributed by atoms with Crippen molar-refractivity contribution in [1.29, 1.82) is 0 Å². The number of benzene rings is 1. The summed E-state index contributed by atoms with van der Waals surface area (Å²) in [5, 5.41) is 0. The molecule has 2 saturated heterocycles. The van der Waals surface area contributed by atoms with Gasteiger partial charge in [0.15, 0.2) is 0 Å². The maximum Gasteiger partial charge on any atom is 0.410 e. The van der Waals surface area contributed by atoms with Crippen LogP contribution in [-0.4, -0.2) is 47.0 Å². The van der Waals surface area contributed by atoms with Crippen LogP contribution in [0.5, 0.6) is 0 Å². The number of ether oxygens (including phenoxy) is 1. The summed E-state index contributed by atoms with van der Waals surface area (Å²) in [4.78, 5) is 28.6. The van der Waals surface area contributed by atoms with E-state index in [1.807, 2.05) is 56.0 Å². The van der Waals surface area contributed by atoms with Crippen molar-refractivity contribution in [3.05, 3.63) is 35.9 Å². The van der Waals surface area contributed by atoms with Crippen molar-refractivity contribution in [3.63, 3.8) is 0 Å². The van der Waals surface area contributed by atoms with Crippen molar-refractivity contribution in [2.45, 2.75) is 45.8 Å². The molecule has 1 aromatic carbocycles. The second-order valence-corrected chi connectivity index (χ2v) is 7.93. The van der Waals surface area contributed by atoms with Crippen LogP contribution in [0.3, 0.4) is 0 Å². The number of rotatable bonds is 2. The van der Waals surface area contributed by atoms with Gasteiger partial charge in [0, 0.05) is 26.2 Å². The summed E-state index contributed by atoms with van der Waals surface area (Å²) < 4.78 is 5.46. The average molecular weight is 330 g/mol. The van der Waals surface area contributed by atoms with Crippen molar-refractivity contribution < 1.29 is 14.3 Å². The zero-order valence-corrected chi connectivity index (χ0v) is 14.7. The molecule has 2 heterocycles. The minimum atomic E-state index is -0.509. The number of carbonyl (C=O) groups excluding carboxylic acids is 2. The Balaban J connectivity index is 1.61. The molecule has 0 aliphatic carbocycles. The van der Waals surface area contributed by atoms with Crippen LogP contribution in [0.2, 0.25) is 0 Å². The van der Waals surface area contributed by atoms with Crippen LogP contribution in [0.25, 0.3) is 0 Å². The Bertz CT molecular complexity index is 623. The maximum atomic E-state index is 12.7. The Labute approximate surface area is 143 Å². The van der Waals surface area contributed by atoms with Gasteiger partial charge in [0.1, 0.15) is 5.60 Å². The molecule has 0 N–H and O–H groups in total. The number of hydrogen-bond donors (Lipinski definition) is 0. The van der Waals surface area contributed by atoms with Crippen LogP contribution in [-0.2, 0) is 16.1 Å². The van der Waals surface area contributed by atoms with Gasteiger partial charge in [-0.25, -0.2) is 4.79 Å². The van der Waals surface area contributed by atoms with E-state index in [1.54, 1.807) is 4.90 Å². The number of piperidine rings is 1. The molecule has 0 saturated carbocycles. The van der Waals surface area contributed by atoms with Crippen LogP contribution >= 0.6 is 0 Å². The van der Waals surface area contributed by atoms with Gasteiger partial charge in [0.05, 0.1) is 5.41 Å². The summed E-state index contributed by atoms with van der Waals surface area (Å²) in [6.45, 7) is 8.10. The van der Waals surface area contributed by atoms with E-state index in [-0.39, 0.29) is 12.0 Å². The largest absolute Gasteiger partial charge is 0.444 e. The highest BCUT2D eigenvalue weighted by atomic mass is 16.6. The molecule has 2 fully saturated rings. The number of likely N-dealkylation sites (tertiary alicyclic amines) is 2. The van der Waals surface area contributed by atoms with Crippen LogP contribution in [0.15, 0.2) is 30.3 Å². The van der Waals surface area contributed by atoms with Gasteiger partial charge in [-0.3, -0.25) is 4.79 Å².